The molecule has 6 heteroatoms. The lowest BCUT2D eigenvalue weighted by Gasteiger charge is -2.03. The Hall–Kier alpha value is -0.980. The molecule has 0 atom stereocenters. The van der Waals surface area contributed by atoms with Crippen LogP contribution in [0.5, 0.6) is 0 Å². The fraction of sp³-hybridized carbons (Fsp3) is 0.300. The molecular weight excluding hydrogens is 240 g/mol. The molecule has 2 N–H and O–H groups in total. The summed E-state index contributed by atoms with van der Waals surface area (Å²) in [5.74, 6) is 0.842. The van der Waals surface area contributed by atoms with Crippen LogP contribution in [0.4, 0.5) is 0 Å². The second-order valence-electron chi connectivity index (χ2n) is 3.19. The largest absolute Gasteiger partial charge is 0.325 e. The Labute approximate surface area is 102 Å². The molecule has 0 aliphatic rings. The highest BCUT2D eigenvalue weighted by Crippen LogP contribution is 2.26. The third-order valence-corrected chi connectivity index (χ3v) is 4.06. The van der Waals surface area contributed by atoms with Gasteiger partial charge in [-0.05, 0) is 18.6 Å². The van der Waals surface area contributed by atoms with Gasteiger partial charge in [0.25, 0.3) is 0 Å². The van der Waals surface area contributed by atoms with E-state index < -0.39 is 0 Å². The van der Waals surface area contributed by atoms with Gasteiger partial charge in [0.05, 0.1) is 5.69 Å². The first-order chi connectivity index (χ1) is 7.79. The maximum atomic E-state index is 5.63. The van der Waals surface area contributed by atoms with Gasteiger partial charge in [0.2, 0.25) is 0 Å². The highest BCUT2D eigenvalue weighted by atomic mass is 32.2. The second-order valence-corrected chi connectivity index (χ2v) is 5.59. The number of pyridine rings is 1. The van der Waals surface area contributed by atoms with Gasteiger partial charge in [-0.25, -0.2) is 0 Å². The van der Waals surface area contributed by atoms with E-state index in [0.717, 1.165) is 20.8 Å². The van der Waals surface area contributed by atoms with Crippen LogP contribution in [0.15, 0.2) is 22.7 Å². The number of rotatable bonds is 4. The Morgan fingerprint density at radius 2 is 2.31 bits per heavy atom. The lowest BCUT2D eigenvalue weighted by molar-refractivity contribution is 0.961. The molecule has 2 aromatic heterocycles. The Kier molecular flexibility index (Phi) is 3.87. The van der Waals surface area contributed by atoms with Crippen molar-refractivity contribution in [2.24, 2.45) is 5.73 Å². The van der Waals surface area contributed by atoms with Crippen molar-refractivity contribution in [1.29, 1.82) is 0 Å². The van der Waals surface area contributed by atoms with E-state index in [2.05, 4.69) is 21.2 Å². The summed E-state index contributed by atoms with van der Waals surface area (Å²) >= 11 is 3.28. The minimum atomic E-state index is 0.478. The van der Waals surface area contributed by atoms with Gasteiger partial charge in [0.1, 0.15) is 5.01 Å². The Morgan fingerprint density at radius 1 is 1.44 bits per heavy atom. The molecule has 0 aromatic carbocycles. The van der Waals surface area contributed by atoms with E-state index in [-0.39, 0.29) is 0 Å². The third-order valence-electron chi connectivity index (χ3n) is 2.04. The summed E-state index contributed by atoms with van der Waals surface area (Å²) in [5.41, 5.74) is 7.75. The van der Waals surface area contributed by atoms with Gasteiger partial charge in [0.15, 0.2) is 4.34 Å². The van der Waals surface area contributed by atoms with Crippen molar-refractivity contribution in [2.75, 3.05) is 0 Å². The molecule has 0 aliphatic heterocycles. The maximum absolute atomic E-state index is 5.63. The maximum Gasteiger partial charge on any atom is 0.174 e. The molecule has 4 nitrogen and oxygen atoms in total. The van der Waals surface area contributed by atoms with Gasteiger partial charge in [-0.2, -0.15) is 0 Å². The molecule has 0 amide bonds. The number of hydrogen-bond acceptors (Lipinski definition) is 6. The molecule has 2 heterocycles. The molecule has 16 heavy (non-hydrogen) atoms. The van der Waals surface area contributed by atoms with E-state index in [9.17, 15) is 0 Å². The summed E-state index contributed by atoms with van der Waals surface area (Å²) in [6.45, 7) is 2.43. The van der Waals surface area contributed by atoms with Crippen molar-refractivity contribution < 1.29 is 0 Å². The fourth-order valence-electron chi connectivity index (χ4n) is 1.26. The SMILES string of the molecule is Cc1nnc(SCc2cccnc2CN)s1. The van der Waals surface area contributed by atoms with Crippen LogP contribution in [0.25, 0.3) is 0 Å². The molecule has 0 unspecified atom stereocenters. The highest BCUT2D eigenvalue weighted by Gasteiger charge is 2.05. The van der Waals surface area contributed by atoms with Gasteiger partial charge < -0.3 is 5.73 Å². The Bertz CT molecular complexity index is 469. The van der Waals surface area contributed by atoms with Gasteiger partial charge in [-0.15, -0.1) is 10.2 Å². The van der Waals surface area contributed by atoms with E-state index in [1.807, 2.05) is 13.0 Å². The molecular formula is C10H12N4S2. The van der Waals surface area contributed by atoms with Gasteiger partial charge >= 0.3 is 0 Å². The first-order valence-corrected chi connectivity index (χ1v) is 6.65. The van der Waals surface area contributed by atoms with Crippen molar-refractivity contribution >= 4 is 23.1 Å². The monoisotopic (exact) mass is 252 g/mol. The lowest BCUT2D eigenvalue weighted by atomic mass is 10.2. The van der Waals surface area contributed by atoms with Crippen molar-refractivity contribution in [2.45, 2.75) is 23.6 Å². The summed E-state index contributed by atoms with van der Waals surface area (Å²) in [6.07, 6.45) is 1.77. The third kappa shape index (κ3) is 2.78. The lowest BCUT2D eigenvalue weighted by Crippen LogP contribution is -2.03. The molecule has 0 spiro atoms. The summed E-state index contributed by atoms with van der Waals surface area (Å²) in [6, 6.07) is 3.98. The predicted octanol–water partition coefficient (Wildman–Crippen LogP) is 1.99. The van der Waals surface area contributed by atoms with Crippen molar-refractivity contribution in [3.8, 4) is 0 Å². The van der Waals surface area contributed by atoms with Gasteiger partial charge in [-0.1, -0.05) is 29.2 Å². The Balaban J connectivity index is 2.04. The number of aryl methyl sites for hydroxylation is 1. The minimum absolute atomic E-state index is 0.478. The van der Waals surface area contributed by atoms with Gasteiger partial charge in [-0.3, -0.25) is 4.98 Å². The molecule has 0 radical (unpaired) electrons. The molecule has 0 saturated carbocycles. The van der Waals surface area contributed by atoms with E-state index in [0.29, 0.717) is 6.54 Å². The van der Waals surface area contributed by atoms with Crippen LogP contribution in [0.1, 0.15) is 16.3 Å². The van der Waals surface area contributed by atoms with Crippen LogP contribution in [-0.2, 0) is 12.3 Å². The summed E-state index contributed by atoms with van der Waals surface area (Å²) in [4.78, 5) is 4.24. The normalized spacial score (nSPS) is 10.6. The highest BCUT2D eigenvalue weighted by molar-refractivity contribution is 8.00. The second kappa shape index (κ2) is 5.38. The fourth-order valence-corrected chi connectivity index (χ4v) is 3.09. The van der Waals surface area contributed by atoms with E-state index in [1.54, 1.807) is 29.3 Å². The minimum Gasteiger partial charge on any atom is -0.325 e. The van der Waals surface area contributed by atoms with Crippen molar-refractivity contribution in [3.63, 3.8) is 0 Å². The van der Waals surface area contributed by atoms with E-state index in [4.69, 9.17) is 5.73 Å². The number of hydrogen-bond donors (Lipinski definition) is 1. The quantitative estimate of drug-likeness (QED) is 0.843. The van der Waals surface area contributed by atoms with Crippen LogP contribution in [0, 0.1) is 6.92 Å². The molecule has 2 rings (SSSR count). The zero-order chi connectivity index (χ0) is 11.4. The average molecular weight is 252 g/mol. The molecule has 84 valence electrons. The van der Waals surface area contributed by atoms with Crippen molar-refractivity contribution in [3.05, 3.63) is 34.6 Å². The molecule has 2 aromatic rings. The Morgan fingerprint density at radius 3 is 3.00 bits per heavy atom. The molecule has 0 aliphatic carbocycles. The van der Waals surface area contributed by atoms with Crippen LogP contribution < -0.4 is 5.73 Å². The first kappa shape index (κ1) is 11.5. The number of nitrogens with zero attached hydrogens (tertiary/aromatic N) is 3. The van der Waals surface area contributed by atoms with Crippen LogP contribution in [-0.4, -0.2) is 15.2 Å². The van der Waals surface area contributed by atoms with E-state index >= 15 is 0 Å². The zero-order valence-electron chi connectivity index (χ0n) is 8.88. The summed E-state index contributed by atoms with van der Waals surface area (Å²) in [7, 11) is 0. The summed E-state index contributed by atoms with van der Waals surface area (Å²) < 4.78 is 0.990. The number of thioether (sulfide) groups is 1. The zero-order valence-corrected chi connectivity index (χ0v) is 10.5. The number of nitrogens with two attached hydrogens (primary N) is 1. The number of aromatic nitrogens is 3. The average Bonchev–Trinajstić information content (AvgIpc) is 2.73. The topological polar surface area (TPSA) is 64.7 Å². The van der Waals surface area contributed by atoms with Crippen LogP contribution in [0.2, 0.25) is 0 Å². The molecule has 0 fully saturated rings. The van der Waals surface area contributed by atoms with Gasteiger partial charge in [0, 0.05) is 18.5 Å². The summed E-state index contributed by atoms with van der Waals surface area (Å²) in [5, 5.41) is 9.04. The molecule has 0 bridgehead atoms. The first-order valence-electron chi connectivity index (χ1n) is 4.85. The van der Waals surface area contributed by atoms with E-state index in [1.165, 1.54) is 5.56 Å². The van der Waals surface area contributed by atoms with Crippen molar-refractivity contribution in [1.82, 2.24) is 15.2 Å². The standard InChI is InChI=1S/C10H12N4S2/c1-7-13-14-10(16-7)15-6-8-3-2-4-12-9(8)5-11/h2-4H,5-6,11H2,1H3. The molecule has 0 saturated heterocycles. The predicted molar refractivity (Wildman–Crippen MR) is 66.3 cm³/mol. The smallest absolute Gasteiger partial charge is 0.174 e. The van der Waals surface area contributed by atoms with Crippen LogP contribution in [0.3, 0.4) is 0 Å². The van der Waals surface area contributed by atoms with Crippen LogP contribution >= 0.6 is 23.1 Å².